The molecule has 0 unspecified atom stereocenters. The number of alkyl halides is 3. The average molecular weight is 587 g/mol. The van der Waals surface area contributed by atoms with Gasteiger partial charge in [0, 0.05) is 18.5 Å². The number of benzene rings is 1. The molecule has 12 heteroatoms. The molecular weight excluding hydrogens is 549 g/mol. The number of aromatic nitrogens is 2. The van der Waals surface area contributed by atoms with Crippen LogP contribution in [0.1, 0.15) is 65.4 Å². The van der Waals surface area contributed by atoms with Crippen molar-refractivity contribution < 1.29 is 27.4 Å². The van der Waals surface area contributed by atoms with Gasteiger partial charge in [-0.1, -0.05) is 31.2 Å². The molecule has 0 aliphatic carbocycles. The summed E-state index contributed by atoms with van der Waals surface area (Å²) in [5.74, 6) is 0.831. The van der Waals surface area contributed by atoms with Gasteiger partial charge in [-0.3, -0.25) is 5.43 Å². The van der Waals surface area contributed by atoms with Crippen molar-refractivity contribution in [2.75, 3.05) is 18.5 Å². The predicted octanol–water partition coefficient (Wildman–Crippen LogP) is 6.96. The fraction of sp³-hybridized carbons (Fsp3) is 0.467. The summed E-state index contributed by atoms with van der Waals surface area (Å²) < 4.78 is 55.2. The number of anilines is 1. The number of halogens is 3. The van der Waals surface area contributed by atoms with Gasteiger partial charge in [0.2, 0.25) is 0 Å². The van der Waals surface area contributed by atoms with Gasteiger partial charge in [-0.05, 0) is 71.2 Å². The maximum absolute atomic E-state index is 14.7. The molecule has 1 aliphatic rings. The van der Waals surface area contributed by atoms with Crippen LogP contribution < -0.4 is 10.2 Å². The third kappa shape index (κ3) is 7.87. The van der Waals surface area contributed by atoms with E-state index in [1.807, 2.05) is 45.0 Å². The molecule has 42 heavy (non-hydrogen) atoms. The van der Waals surface area contributed by atoms with E-state index in [-0.39, 0.29) is 36.6 Å². The molecule has 0 spiro atoms. The van der Waals surface area contributed by atoms with Gasteiger partial charge in [-0.15, -0.1) is 0 Å². The molecule has 9 nitrogen and oxygen atoms in total. The van der Waals surface area contributed by atoms with E-state index in [0.29, 0.717) is 28.4 Å². The Bertz CT molecular complexity index is 1420. The van der Waals surface area contributed by atoms with Crippen LogP contribution in [0.3, 0.4) is 0 Å². The molecule has 226 valence electrons. The fourth-order valence-corrected chi connectivity index (χ4v) is 4.62. The molecule has 0 radical (unpaired) electrons. The SMILES string of the molecule is CC(C)Oc1cccc2ccc(/C=N/Nc3cccc([C@H](N(C(=O)OC(C)(C)C)N4CC[C@H](C)C4)C(F)(F)F)n3)nc12. The highest BCUT2D eigenvalue weighted by Gasteiger charge is 2.51. The van der Waals surface area contributed by atoms with E-state index < -0.39 is 23.9 Å². The van der Waals surface area contributed by atoms with E-state index in [9.17, 15) is 18.0 Å². The number of hydrazone groups is 1. The number of pyridine rings is 2. The van der Waals surface area contributed by atoms with Crippen LogP contribution in [0.15, 0.2) is 53.6 Å². The van der Waals surface area contributed by atoms with Crippen molar-refractivity contribution in [3.63, 3.8) is 0 Å². The van der Waals surface area contributed by atoms with Crippen LogP contribution >= 0.6 is 0 Å². The summed E-state index contributed by atoms with van der Waals surface area (Å²) in [7, 11) is 0. The number of para-hydroxylation sites is 1. The monoisotopic (exact) mass is 586 g/mol. The van der Waals surface area contributed by atoms with E-state index in [1.54, 1.807) is 26.8 Å². The zero-order chi connectivity index (χ0) is 30.7. The normalized spacial score (nSPS) is 17.1. The molecule has 1 amide bonds. The number of nitrogens with zero attached hydrogens (tertiary/aromatic N) is 5. The van der Waals surface area contributed by atoms with Crippen LogP contribution in [-0.2, 0) is 4.74 Å². The number of carbonyl (C=O) groups is 1. The minimum Gasteiger partial charge on any atom is -0.489 e. The summed E-state index contributed by atoms with van der Waals surface area (Å²) in [6, 6.07) is 11.1. The number of hydrogen-bond acceptors (Lipinski definition) is 8. The van der Waals surface area contributed by atoms with Gasteiger partial charge < -0.3 is 9.47 Å². The molecule has 1 aromatic carbocycles. The number of ether oxygens (including phenoxy) is 2. The quantitative estimate of drug-likeness (QED) is 0.225. The Balaban J connectivity index is 1.61. The Hall–Kier alpha value is -3.93. The van der Waals surface area contributed by atoms with Crippen molar-refractivity contribution in [2.45, 2.75) is 71.9 Å². The lowest BCUT2D eigenvalue weighted by molar-refractivity contribution is -0.216. The first-order valence-electron chi connectivity index (χ1n) is 13.9. The van der Waals surface area contributed by atoms with E-state index in [4.69, 9.17) is 9.47 Å². The maximum atomic E-state index is 14.7. The Labute approximate surface area is 243 Å². The Morgan fingerprint density at radius 3 is 2.50 bits per heavy atom. The van der Waals surface area contributed by atoms with Gasteiger partial charge in [-0.2, -0.15) is 18.3 Å². The molecule has 2 aromatic heterocycles. The van der Waals surface area contributed by atoms with Crippen molar-refractivity contribution in [3.8, 4) is 5.75 Å². The first-order valence-corrected chi connectivity index (χ1v) is 13.9. The standard InChI is InChI=1S/C30H37F3N6O3/c1-19(2)41-24-11-7-9-21-13-14-22(35-26(21)24)17-34-37-25-12-8-10-23(36-25)27(30(31,32)33)39(28(40)42-29(4,5)6)38-16-15-20(3)18-38/h7-14,17,19-20,27H,15-16,18H2,1-6H3,(H,36,37)/b34-17+/t20-,27-/m0/s1. The summed E-state index contributed by atoms with van der Waals surface area (Å²) in [5.41, 5.74) is 2.52. The second-order valence-corrected chi connectivity index (χ2v) is 11.6. The number of rotatable bonds is 8. The fourth-order valence-electron chi connectivity index (χ4n) is 4.62. The van der Waals surface area contributed by atoms with Gasteiger partial charge in [0.25, 0.3) is 0 Å². The van der Waals surface area contributed by atoms with Gasteiger partial charge in [0.15, 0.2) is 6.04 Å². The summed E-state index contributed by atoms with van der Waals surface area (Å²) >= 11 is 0. The minimum absolute atomic E-state index is 0.0321. The Morgan fingerprint density at radius 2 is 1.86 bits per heavy atom. The van der Waals surface area contributed by atoms with E-state index in [0.717, 1.165) is 5.39 Å². The first kappa shape index (κ1) is 31.0. The average Bonchev–Trinajstić information content (AvgIpc) is 3.31. The zero-order valence-corrected chi connectivity index (χ0v) is 24.6. The highest BCUT2D eigenvalue weighted by molar-refractivity contribution is 5.88. The Kier molecular flexibility index (Phi) is 9.24. The van der Waals surface area contributed by atoms with E-state index in [2.05, 4.69) is 20.5 Å². The minimum atomic E-state index is -4.83. The van der Waals surface area contributed by atoms with Gasteiger partial charge in [-0.25, -0.2) is 24.8 Å². The molecule has 3 heterocycles. The first-order chi connectivity index (χ1) is 19.7. The lowest BCUT2D eigenvalue weighted by Gasteiger charge is -2.39. The highest BCUT2D eigenvalue weighted by Crippen LogP contribution is 2.40. The molecule has 1 fully saturated rings. The van der Waals surface area contributed by atoms with Gasteiger partial charge in [0.1, 0.15) is 22.7 Å². The molecule has 1 aliphatic heterocycles. The van der Waals surface area contributed by atoms with Gasteiger partial charge >= 0.3 is 12.3 Å². The molecule has 0 bridgehead atoms. The van der Waals surface area contributed by atoms with Crippen LogP contribution in [0.25, 0.3) is 10.9 Å². The highest BCUT2D eigenvalue weighted by atomic mass is 19.4. The zero-order valence-electron chi connectivity index (χ0n) is 24.6. The van der Waals surface area contributed by atoms with Crippen molar-refractivity contribution in [1.29, 1.82) is 0 Å². The molecule has 2 atom stereocenters. The van der Waals surface area contributed by atoms with Crippen LogP contribution in [0.2, 0.25) is 0 Å². The molecule has 3 aromatic rings. The summed E-state index contributed by atoms with van der Waals surface area (Å²) in [5, 5.41) is 7.11. The van der Waals surface area contributed by atoms with Crippen molar-refractivity contribution in [1.82, 2.24) is 20.0 Å². The smallest absolute Gasteiger partial charge is 0.425 e. The number of nitrogens with one attached hydrogen (secondary N) is 1. The van der Waals surface area contributed by atoms with E-state index in [1.165, 1.54) is 29.4 Å². The van der Waals surface area contributed by atoms with Crippen molar-refractivity contribution in [3.05, 3.63) is 59.9 Å². The van der Waals surface area contributed by atoms with Crippen LogP contribution in [0.4, 0.5) is 23.8 Å². The third-order valence-electron chi connectivity index (χ3n) is 6.34. The number of hydrogen-bond donors (Lipinski definition) is 1. The maximum Gasteiger partial charge on any atom is 0.425 e. The van der Waals surface area contributed by atoms with Crippen molar-refractivity contribution in [2.24, 2.45) is 11.0 Å². The topological polar surface area (TPSA) is 92.2 Å². The summed E-state index contributed by atoms with van der Waals surface area (Å²) in [6.07, 6.45) is -3.85. The molecular formula is C30H37F3N6O3. The number of fused-ring (bicyclic) bond motifs is 1. The second kappa shape index (κ2) is 12.5. The third-order valence-corrected chi connectivity index (χ3v) is 6.34. The van der Waals surface area contributed by atoms with E-state index >= 15 is 0 Å². The largest absolute Gasteiger partial charge is 0.489 e. The number of carbonyl (C=O) groups excluding carboxylic acids is 1. The molecule has 0 saturated carbocycles. The molecule has 4 rings (SSSR count). The van der Waals surface area contributed by atoms with Crippen molar-refractivity contribution >= 4 is 29.0 Å². The second-order valence-electron chi connectivity index (χ2n) is 11.6. The Morgan fingerprint density at radius 1 is 1.12 bits per heavy atom. The van der Waals surface area contributed by atoms with Crippen LogP contribution in [-0.4, -0.2) is 63.3 Å². The lowest BCUT2D eigenvalue weighted by atomic mass is 10.1. The van der Waals surface area contributed by atoms with Crippen LogP contribution in [0, 0.1) is 5.92 Å². The summed E-state index contributed by atoms with van der Waals surface area (Å²) in [6.45, 7) is 11.2. The van der Waals surface area contributed by atoms with Crippen LogP contribution in [0.5, 0.6) is 5.75 Å². The number of amides is 1. The lowest BCUT2D eigenvalue weighted by Crippen LogP contribution is -2.53. The molecule has 1 saturated heterocycles. The summed E-state index contributed by atoms with van der Waals surface area (Å²) in [4.78, 5) is 22.0. The van der Waals surface area contributed by atoms with Gasteiger partial charge in [0.05, 0.1) is 23.7 Å². The predicted molar refractivity (Wildman–Crippen MR) is 155 cm³/mol. The number of hydrazine groups is 1. The molecule has 1 N–H and O–H groups in total.